The van der Waals surface area contributed by atoms with Crippen molar-refractivity contribution in [2.24, 2.45) is 4.99 Å². The summed E-state index contributed by atoms with van der Waals surface area (Å²) in [6.45, 7) is 0.891. The van der Waals surface area contributed by atoms with Crippen LogP contribution in [0.25, 0.3) is 0 Å². The second-order valence-electron chi connectivity index (χ2n) is 5.49. The lowest BCUT2D eigenvalue weighted by molar-refractivity contribution is -0.128. The summed E-state index contributed by atoms with van der Waals surface area (Å²) in [5, 5.41) is 1.46. The van der Waals surface area contributed by atoms with E-state index in [4.69, 9.17) is 27.9 Å². The summed E-state index contributed by atoms with van der Waals surface area (Å²) in [7, 11) is 0. The van der Waals surface area contributed by atoms with Crippen LogP contribution in [0.4, 0.5) is 4.39 Å². The van der Waals surface area contributed by atoms with Crippen LogP contribution in [0.3, 0.4) is 0 Å². The van der Waals surface area contributed by atoms with Gasteiger partial charge in [0.1, 0.15) is 11.6 Å². The Morgan fingerprint density at radius 1 is 1.27 bits per heavy atom. The Morgan fingerprint density at radius 2 is 2.12 bits per heavy atom. The van der Waals surface area contributed by atoms with Crippen LogP contribution in [-0.2, 0) is 10.5 Å². The molecule has 0 atom stereocenters. The molecule has 1 aliphatic heterocycles. The molecule has 0 saturated carbocycles. The number of halogens is 3. The Kier molecular flexibility index (Phi) is 6.40. The molecule has 2 aromatic carbocycles. The molecule has 0 aliphatic carbocycles. The van der Waals surface area contributed by atoms with Gasteiger partial charge < -0.3 is 4.74 Å². The number of benzene rings is 2. The van der Waals surface area contributed by atoms with Gasteiger partial charge in [0.25, 0.3) is 5.91 Å². The zero-order chi connectivity index (χ0) is 18.5. The number of amidine groups is 1. The first-order valence-corrected chi connectivity index (χ1v) is 9.57. The molecule has 3 rings (SSSR count). The second kappa shape index (κ2) is 8.75. The summed E-state index contributed by atoms with van der Waals surface area (Å²) in [5.74, 6) is 0.440. The van der Waals surface area contributed by atoms with Crippen molar-refractivity contribution in [3.8, 4) is 5.75 Å². The first-order valence-electron chi connectivity index (χ1n) is 7.83. The molecule has 26 heavy (non-hydrogen) atoms. The van der Waals surface area contributed by atoms with Gasteiger partial charge in [-0.2, -0.15) is 0 Å². The van der Waals surface area contributed by atoms with E-state index in [2.05, 4.69) is 4.99 Å². The number of aliphatic imine (C=N–C) groups is 1. The molecule has 0 aromatic heterocycles. The molecule has 0 spiro atoms. The predicted octanol–water partition coefficient (Wildman–Crippen LogP) is 4.64. The minimum atomic E-state index is -0.280. The lowest BCUT2D eigenvalue weighted by Gasteiger charge is -2.18. The third-order valence-electron chi connectivity index (χ3n) is 3.60. The minimum absolute atomic E-state index is 0.152. The number of ether oxygens (including phenoxy) is 1. The summed E-state index contributed by atoms with van der Waals surface area (Å²) in [6.07, 6.45) is 0. The van der Waals surface area contributed by atoms with E-state index >= 15 is 0 Å². The highest BCUT2D eigenvalue weighted by molar-refractivity contribution is 8.13. The smallest absolute Gasteiger partial charge is 0.266 e. The lowest BCUT2D eigenvalue weighted by Crippen LogP contribution is -2.36. The van der Waals surface area contributed by atoms with Gasteiger partial charge in [-0.25, -0.2) is 4.39 Å². The predicted molar refractivity (Wildman–Crippen MR) is 104 cm³/mol. The fourth-order valence-electron chi connectivity index (χ4n) is 2.37. The molecule has 1 heterocycles. The number of carbonyl (C=O) groups is 1. The van der Waals surface area contributed by atoms with Crippen LogP contribution in [0.15, 0.2) is 47.5 Å². The van der Waals surface area contributed by atoms with Crippen LogP contribution in [0.1, 0.15) is 5.56 Å². The quantitative estimate of drug-likeness (QED) is 0.717. The lowest BCUT2D eigenvalue weighted by atomic mass is 10.2. The molecule has 2 aromatic rings. The average Bonchev–Trinajstić information content (AvgIpc) is 3.08. The molecule has 0 radical (unpaired) electrons. The van der Waals surface area contributed by atoms with Crippen molar-refractivity contribution in [2.45, 2.75) is 5.75 Å². The first-order chi connectivity index (χ1) is 12.5. The largest absolute Gasteiger partial charge is 0.482 e. The Labute approximate surface area is 164 Å². The first kappa shape index (κ1) is 19.0. The average molecular weight is 413 g/mol. The van der Waals surface area contributed by atoms with Gasteiger partial charge >= 0.3 is 0 Å². The van der Waals surface area contributed by atoms with Gasteiger partial charge in [-0.1, -0.05) is 47.1 Å². The molecule has 0 fully saturated rings. The molecule has 1 aliphatic rings. The highest BCUT2D eigenvalue weighted by Crippen LogP contribution is 2.27. The summed E-state index contributed by atoms with van der Waals surface area (Å²) < 4.78 is 18.7. The molecule has 8 heteroatoms. The fraction of sp³-hybridized carbons (Fsp3) is 0.222. The number of hydrogen-bond acceptors (Lipinski definition) is 4. The summed E-state index contributed by atoms with van der Waals surface area (Å²) in [4.78, 5) is 18.4. The van der Waals surface area contributed by atoms with E-state index < -0.39 is 0 Å². The monoisotopic (exact) mass is 412 g/mol. The Bertz CT molecular complexity index is 848. The molecule has 136 valence electrons. The molecule has 0 bridgehead atoms. The molecule has 1 amide bonds. The van der Waals surface area contributed by atoms with Crippen LogP contribution in [-0.4, -0.2) is 35.7 Å². The molecular weight excluding hydrogens is 398 g/mol. The highest BCUT2D eigenvalue weighted by atomic mass is 35.5. The van der Waals surface area contributed by atoms with Gasteiger partial charge in [0.15, 0.2) is 11.8 Å². The standard InChI is InChI=1S/C18H15Cl2FN2O2S/c19-13-4-5-16(15(20)9-13)25-10-17(24)23-7-6-22-18(23)26-11-12-2-1-3-14(21)8-12/h1-5,8-9H,6-7,10-11H2. The third-order valence-corrected chi connectivity index (χ3v) is 5.22. The second-order valence-corrected chi connectivity index (χ2v) is 7.28. The normalized spacial score (nSPS) is 13.7. The maximum absolute atomic E-state index is 13.3. The number of nitrogens with zero attached hydrogens (tertiary/aromatic N) is 2. The zero-order valence-corrected chi connectivity index (χ0v) is 16.0. The maximum Gasteiger partial charge on any atom is 0.266 e. The maximum atomic E-state index is 13.3. The van der Waals surface area contributed by atoms with Gasteiger partial charge in [-0.15, -0.1) is 0 Å². The van der Waals surface area contributed by atoms with E-state index in [9.17, 15) is 9.18 Å². The van der Waals surface area contributed by atoms with Gasteiger partial charge in [0.05, 0.1) is 11.6 Å². The SMILES string of the molecule is O=C(COc1ccc(Cl)cc1Cl)N1CCN=C1SCc1cccc(F)c1. The van der Waals surface area contributed by atoms with Crippen LogP contribution in [0, 0.1) is 5.82 Å². The van der Waals surface area contributed by atoms with E-state index in [-0.39, 0.29) is 18.3 Å². The minimum Gasteiger partial charge on any atom is -0.482 e. The number of carbonyl (C=O) groups excluding carboxylic acids is 1. The number of thioether (sulfide) groups is 1. The highest BCUT2D eigenvalue weighted by Gasteiger charge is 2.24. The summed E-state index contributed by atoms with van der Waals surface area (Å²) in [6, 6.07) is 11.2. The fourth-order valence-corrected chi connectivity index (χ4v) is 3.84. The molecular formula is C18H15Cl2FN2O2S. The topological polar surface area (TPSA) is 41.9 Å². The Morgan fingerprint density at radius 3 is 2.88 bits per heavy atom. The third kappa shape index (κ3) is 4.90. The van der Waals surface area contributed by atoms with Crippen molar-refractivity contribution >= 4 is 46.0 Å². The van der Waals surface area contributed by atoms with Crippen molar-refractivity contribution in [3.63, 3.8) is 0 Å². The van der Waals surface area contributed by atoms with Crippen molar-refractivity contribution < 1.29 is 13.9 Å². The number of amides is 1. The molecule has 0 unspecified atom stereocenters. The van der Waals surface area contributed by atoms with E-state index in [0.717, 1.165) is 5.56 Å². The Balaban J connectivity index is 1.56. The van der Waals surface area contributed by atoms with Crippen molar-refractivity contribution in [3.05, 3.63) is 63.9 Å². The van der Waals surface area contributed by atoms with Crippen LogP contribution in [0.5, 0.6) is 5.75 Å². The van der Waals surface area contributed by atoms with Crippen LogP contribution >= 0.6 is 35.0 Å². The van der Waals surface area contributed by atoms with Crippen molar-refractivity contribution in [2.75, 3.05) is 19.7 Å². The molecule has 0 N–H and O–H groups in total. The number of rotatable bonds is 5. The number of hydrogen-bond donors (Lipinski definition) is 0. The van der Waals surface area contributed by atoms with E-state index in [1.54, 1.807) is 29.2 Å². The van der Waals surface area contributed by atoms with E-state index in [0.29, 0.717) is 39.8 Å². The van der Waals surface area contributed by atoms with Crippen molar-refractivity contribution in [1.82, 2.24) is 4.90 Å². The zero-order valence-electron chi connectivity index (χ0n) is 13.6. The van der Waals surface area contributed by atoms with Crippen LogP contribution in [0.2, 0.25) is 10.0 Å². The van der Waals surface area contributed by atoms with E-state index in [1.807, 2.05) is 6.07 Å². The van der Waals surface area contributed by atoms with Crippen LogP contribution < -0.4 is 4.74 Å². The van der Waals surface area contributed by atoms with Gasteiger partial charge in [0, 0.05) is 17.3 Å². The molecule has 0 saturated heterocycles. The van der Waals surface area contributed by atoms with Crippen molar-refractivity contribution in [1.29, 1.82) is 0 Å². The van der Waals surface area contributed by atoms with Gasteiger partial charge in [-0.05, 0) is 35.9 Å². The Hall–Kier alpha value is -1.76. The molecule has 4 nitrogen and oxygen atoms in total. The van der Waals surface area contributed by atoms with Gasteiger partial charge in [-0.3, -0.25) is 14.7 Å². The summed E-state index contributed by atoms with van der Waals surface area (Å²) >= 11 is 13.3. The van der Waals surface area contributed by atoms with Gasteiger partial charge in [0.2, 0.25) is 0 Å². The van der Waals surface area contributed by atoms with E-state index in [1.165, 1.54) is 23.9 Å². The summed E-state index contributed by atoms with van der Waals surface area (Å²) in [5.41, 5.74) is 0.834.